The van der Waals surface area contributed by atoms with Crippen LogP contribution >= 0.6 is 0 Å². The smallest absolute Gasteiger partial charge is 0.305 e. The SMILES string of the molecule is COc1cccc(C(C)CC(=O)NC(C)CC(=O)O)c1. The molecule has 5 heteroatoms. The molecule has 0 aliphatic heterocycles. The van der Waals surface area contributed by atoms with E-state index in [-0.39, 0.29) is 24.3 Å². The lowest BCUT2D eigenvalue weighted by Crippen LogP contribution is -2.34. The number of carbonyl (C=O) groups excluding carboxylic acids is 1. The third-order valence-electron chi connectivity index (χ3n) is 3.04. The summed E-state index contributed by atoms with van der Waals surface area (Å²) in [4.78, 5) is 22.4. The van der Waals surface area contributed by atoms with Crippen LogP contribution in [0.1, 0.15) is 38.2 Å². The minimum atomic E-state index is -0.918. The number of carboxylic acid groups (broad SMARTS) is 1. The minimum Gasteiger partial charge on any atom is -0.497 e. The second-order valence-corrected chi connectivity index (χ2v) is 4.95. The first-order valence-corrected chi connectivity index (χ1v) is 6.57. The highest BCUT2D eigenvalue weighted by atomic mass is 16.5. The summed E-state index contributed by atoms with van der Waals surface area (Å²) in [6.07, 6.45) is 0.246. The molecule has 0 bridgehead atoms. The molecule has 0 saturated carbocycles. The van der Waals surface area contributed by atoms with Crippen molar-refractivity contribution in [3.05, 3.63) is 29.8 Å². The molecule has 0 heterocycles. The molecular formula is C15H21NO4. The van der Waals surface area contributed by atoms with Crippen LogP contribution < -0.4 is 10.1 Å². The van der Waals surface area contributed by atoms with E-state index in [1.807, 2.05) is 31.2 Å². The van der Waals surface area contributed by atoms with Gasteiger partial charge in [-0.05, 0) is 30.5 Å². The molecule has 110 valence electrons. The Morgan fingerprint density at radius 3 is 2.60 bits per heavy atom. The fraction of sp³-hybridized carbons (Fsp3) is 0.467. The minimum absolute atomic E-state index is 0.0436. The molecule has 0 saturated heterocycles. The van der Waals surface area contributed by atoms with Crippen molar-refractivity contribution in [1.29, 1.82) is 0 Å². The summed E-state index contributed by atoms with van der Waals surface area (Å²) in [6, 6.07) is 7.22. The quantitative estimate of drug-likeness (QED) is 0.802. The van der Waals surface area contributed by atoms with Crippen LogP contribution in [0.15, 0.2) is 24.3 Å². The van der Waals surface area contributed by atoms with Gasteiger partial charge in [0.2, 0.25) is 5.91 Å². The van der Waals surface area contributed by atoms with Crippen LogP contribution in [0.2, 0.25) is 0 Å². The van der Waals surface area contributed by atoms with E-state index in [4.69, 9.17) is 9.84 Å². The predicted octanol–water partition coefficient (Wildman–Crippen LogP) is 2.17. The van der Waals surface area contributed by atoms with E-state index in [0.717, 1.165) is 11.3 Å². The molecule has 1 aromatic carbocycles. The fourth-order valence-electron chi connectivity index (χ4n) is 1.99. The zero-order valence-corrected chi connectivity index (χ0v) is 12.1. The molecule has 2 atom stereocenters. The number of benzene rings is 1. The monoisotopic (exact) mass is 279 g/mol. The van der Waals surface area contributed by atoms with Gasteiger partial charge in [0.1, 0.15) is 5.75 Å². The molecule has 0 aliphatic rings. The predicted molar refractivity (Wildman–Crippen MR) is 75.9 cm³/mol. The summed E-state index contributed by atoms with van der Waals surface area (Å²) in [7, 11) is 1.60. The molecule has 0 radical (unpaired) electrons. The van der Waals surface area contributed by atoms with Gasteiger partial charge in [0, 0.05) is 12.5 Å². The topological polar surface area (TPSA) is 75.6 Å². The number of aliphatic carboxylic acids is 1. The molecule has 0 spiro atoms. The zero-order valence-electron chi connectivity index (χ0n) is 12.1. The Balaban J connectivity index is 2.54. The lowest BCUT2D eigenvalue weighted by atomic mass is 9.97. The van der Waals surface area contributed by atoms with E-state index in [1.165, 1.54) is 0 Å². The Bertz CT molecular complexity index is 473. The lowest BCUT2D eigenvalue weighted by Gasteiger charge is -2.15. The van der Waals surface area contributed by atoms with Crippen molar-refractivity contribution in [2.75, 3.05) is 7.11 Å². The Morgan fingerprint density at radius 1 is 1.30 bits per heavy atom. The molecule has 2 unspecified atom stereocenters. The van der Waals surface area contributed by atoms with Crippen molar-refractivity contribution in [3.8, 4) is 5.75 Å². The van der Waals surface area contributed by atoms with Crippen LogP contribution in [0.4, 0.5) is 0 Å². The standard InChI is InChI=1S/C15H21NO4/c1-10(12-5-4-6-13(9-12)20-3)7-14(17)16-11(2)8-15(18)19/h4-6,9-11H,7-8H2,1-3H3,(H,16,17)(H,18,19). The second kappa shape index (κ2) is 7.53. The van der Waals surface area contributed by atoms with Gasteiger partial charge in [0.05, 0.1) is 13.5 Å². The van der Waals surface area contributed by atoms with Gasteiger partial charge < -0.3 is 15.2 Å². The van der Waals surface area contributed by atoms with Crippen molar-refractivity contribution in [2.45, 2.75) is 38.6 Å². The van der Waals surface area contributed by atoms with E-state index in [2.05, 4.69) is 5.32 Å². The van der Waals surface area contributed by atoms with Crippen LogP contribution in [-0.4, -0.2) is 30.1 Å². The maximum atomic E-state index is 11.8. The number of hydrogen-bond acceptors (Lipinski definition) is 3. The summed E-state index contributed by atoms with van der Waals surface area (Å²) < 4.78 is 5.15. The fourth-order valence-corrected chi connectivity index (χ4v) is 1.99. The van der Waals surface area contributed by atoms with Crippen molar-refractivity contribution >= 4 is 11.9 Å². The van der Waals surface area contributed by atoms with Gasteiger partial charge in [0.25, 0.3) is 0 Å². The first-order valence-electron chi connectivity index (χ1n) is 6.57. The van der Waals surface area contributed by atoms with Gasteiger partial charge >= 0.3 is 5.97 Å². The molecule has 1 amide bonds. The van der Waals surface area contributed by atoms with Gasteiger partial charge in [-0.1, -0.05) is 19.1 Å². The average molecular weight is 279 g/mol. The second-order valence-electron chi connectivity index (χ2n) is 4.95. The van der Waals surface area contributed by atoms with Gasteiger partial charge in [-0.25, -0.2) is 0 Å². The molecule has 5 nitrogen and oxygen atoms in total. The number of ether oxygens (including phenoxy) is 1. The van der Waals surface area contributed by atoms with Crippen molar-refractivity contribution in [1.82, 2.24) is 5.32 Å². The highest BCUT2D eigenvalue weighted by Gasteiger charge is 2.15. The maximum absolute atomic E-state index is 11.8. The van der Waals surface area contributed by atoms with Crippen LogP contribution in [0.5, 0.6) is 5.75 Å². The summed E-state index contributed by atoms with van der Waals surface area (Å²) >= 11 is 0. The van der Waals surface area contributed by atoms with E-state index in [9.17, 15) is 9.59 Å². The third kappa shape index (κ3) is 5.30. The zero-order chi connectivity index (χ0) is 15.1. The Labute approximate surface area is 118 Å². The third-order valence-corrected chi connectivity index (χ3v) is 3.04. The molecule has 20 heavy (non-hydrogen) atoms. The Kier molecular flexibility index (Phi) is 6.03. The molecule has 0 aromatic heterocycles. The van der Waals surface area contributed by atoms with Gasteiger partial charge in [0.15, 0.2) is 0 Å². The largest absolute Gasteiger partial charge is 0.497 e. The lowest BCUT2D eigenvalue weighted by molar-refractivity contribution is -0.137. The molecular weight excluding hydrogens is 258 g/mol. The normalized spacial score (nSPS) is 13.3. The number of nitrogens with one attached hydrogen (secondary N) is 1. The average Bonchev–Trinajstić information content (AvgIpc) is 2.37. The van der Waals surface area contributed by atoms with E-state index in [0.29, 0.717) is 6.42 Å². The van der Waals surface area contributed by atoms with Gasteiger partial charge in [-0.3, -0.25) is 9.59 Å². The van der Waals surface area contributed by atoms with Gasteiger partial charge in [-0.2, -0.15) is 0 Å². The van der Waals surface area contributed by atoms with Crippen LogP contribution in [0, 0.1) is 0 Å². The van der Waals surface area contributed by atoms with Crippen molar-refractivity contribution in [2.24, 2.45) is 0 Å². The number of carboxylic acids is 1. The summed E-state index contributed by atoms with van der Waals surface area (Å²) in [6.45, 7) is 3.64. The number of methoxy groups -OCH3 is 1. The van der Waals surface area contributed by atoms with E-state index >= 15 is 0 Å². The highest BCUT2D eigenvalue weighted by Crippen LogP contribution is 2.23. The summed E-state index contributed by atoms with van der Waals surface area (Å²) in [5.74, 6) is -0.260. The van der Waals surface area contributed by atoms with Gasteiger partial charge in [-0.15, -0.1) is 0 Å². The van der Waals surface area contributed by atoms with Crippen molar-refractivity contribution < 1.29 is 19.4 Å². The summed E-state index contributed by atoms with van der Waals surface area (Å²) in [5, 5.41) is 11.3. The molecule has 1 aromatic rings. The van der Waals surface area contributed by atoms with Crippen LogP contribution in [0.3, 0.4) is 0 Å². The summed E-state index contributed by atoms with van der Waals surface area (Å²) in [5.41, 5.74) is 1.02. The first-order chi connectivity index (χ1) is 9.42. The number of amides is 1. The number of hydrogen-bond donors (Lipinski definition) is 2. The number of carbonyl (C=O) groups is 2. The maximum Gasteiger partial charge on any atom is 0.305 e. The molecule has 0 aliphatic carbocycles. The van der Waals surface area contributed by atoms with Crippen LogP contribution in [0.25, 0.3) is 0 Å². The van der Waals surface area contributed by atoms with Crippen LogP contribution in [-0.2, 0) is 9.59 Å². The molecule has 0 fully saturated rings. The Morgan fingerprint density at radius 2 is 2.00 bits per heavy atom. The van der Waals surface area contributed by atoms with E-state index in [1.54, 1.807) is 14.0 Å². The highest BCUT2D eigenvalue weighted by molar-refractivity contribution is 5.78. The van der Waals surface area contributed by atoms with Crippen molar-refractivity contribution in [3.63, 3.8) is 0 Å². The first kappa shape index (κ1) is 16.0. The molecule has 1 rings (SSSR count). The molecule has 2 N–H and O–H groups in total. The number of rotatable bonds is 7. The van der Waals surface area contributed by atoms with E-state index < -0.39 is 5.97 Å². The Hall–Kier alpha value is -2.04.